The van der Waals surface area contributed by atoms with Gasteiger partial charge in [0.1, 0.15) is 6.33 Å². The van der Waals surface area contributed by atoms with Crippen molar-refractivity contribution >= 4 is 44.4 Å². The number of nitrogens with zero attached hydrogens (tertiary/aromatic N) is 6. The molecule has 1 aromatic carbocycles. The molecule has 0 aliphatic rings. The van der Waals surface area contributed by atoms with E-state index >= 15 is 0 Å². The van der Waals surface area contributed by atoms with Gasteiger partial charge in [0.25, 0.3) is 0 Å². The van der Waals surface area contributed by atoms with Crippen LogP contribution in [-0.2, 0) is 0 Å². The molecule has 20 heavy (non-hydrogen) atoms. The molecule has 98 valence electrons. The van der Waals surface area contributed by atoms with Crippen LogP contribution in [0.25, 0.3) is 16.9 Å². The van der Waals surface area contributed by atoms with E-state index < -0.39 is 0 Å². The molecule has 9 heteroatoms. The molecule has 0 fully saturated rings. The third-order valence-electron chi connectivity index (χ3n) is 2.75. The summed E-state index contributed by atoms with van der Waals surface area (Å²) in [6.45, 7) is 0. The first kappa shape index (κ1) is 11.3. The van der Waals surface area contributed by atoms with Crippen LogP contribution in [0.15, 0.2) is 39.7 Å². The number of hydrogen-bond donors (Lipinski definition) is 1. The lowest BCUT2D eigenvalue weighted by molar-refractivity contribution is 0.314. The summed E-state index contributed by atoms with van der Waals surface area (Å²) < 4.78 is 7.32. The maximum atomic E-state index is 4.69. The van der Waals surface area contributed by atoms with Crippen molar-refractivity contribution in [2.45, 2.75) is 0 Å². The minimum absolute atomic E-state index is 0.384. The van der Waals surface area contributed by atoms with Gasteiger partial charge in [-0.1, -0.05) is 22.0 Å². The van der Waals surface area contributed by atoms with E-state index in [1.165, 1.54) is 6.33 Å². The molecule has 4 rings (SSSR count). The second-order valence-electron chi connectivity index (χ2n) is 4.03. The maximum Gasteiger partial charge on any atom is 0.244 e. The second kappa shape index (κ2) is 4.23. The fourth-order valence-electron chi connectivity index (χ4n) is 1.90. The first-order chi connectivity index (χ1) is 9.81. The quantitative estimate of drug-likeness (QED) is 0.601. The zero-order valence-electron chi connectivity index (χ0n) is 9.86. The van der Waals surface area contributed by atoms with Crippen LogP contribution < -0.4 is 5.32 Å². The average Bonchev–Trinajstić information content (AvgIpc) is 3.06. The molecular weight excluding hydrogens is 326 g/mol. The van der Waals surface area contributed by atoms with Gasteiger partial charge in [0.15, 0.2) is 5.82 Å². The Morgan fingerprint density at radius 3 is 3.05 bits per heavy atom. The van der Waals surface area contributed by atoms with Gasteiger partial charge >= 0.3 is 0 Å². The van der Waals surface area contributed by atoms with Crippen molar-refractivity contribution < 1.29 is 4.63 Å². The fraction of sp³-hybridized carbons (Fsp3) is 0. The summed E-state index contributed by atoms with van der Waals surface area (Å²) in [5.74, 6) is 0.531. The normalized spacial score (nSPS) is 11.2. The summed E-state index contributed by atoms with van der Waals surface area (Å²) in [6.07, 6.45) is 1.54. The molecule has 0 amide bonds. The van der Waals surface area contributed by atoms with Gasteiger partial charge in [-0.15, -0.1) is 10.2 Å². The molecule has 0 saturated heterocycles. The van der Waals surface area contributed by atoms with Crippen LogP contribution in [0.4, 0.5) is 11.5 Å². The third kappa shape index (κ3) is 1.71. The van der Waals surface area contributed by atoms with E-state index in [9.17, 15) is 0 Å². The van der Waals surface area contributed by atoms with E-state index in [2.05, 4.69) is 46.7 Å². The Balaban J connectivity index is 1.91. The van der Waals surface area contributed by atoms with E-state index in [0.717, 1.165) is 10.2 Å². The molecule has 0 aliphatic carbocycles. The standard InChI is InChI=1S/C11H6BrN7O/c12-6-2-1-3-7(4-6)14-8-10-16-13-5-19(10)11-9(15-8)17-20-18-11/h1-5H,(H,14,15,17). The fourth-order valence-corrected chi connectivity index (χ4v) is 2.29. The van der Waals surface area contributed by atoms with Crippen LogP contribution in [0.1, 0.15) is 0 Å². The van der Waals surface area contributed by atoms with Gasteiger partial charge in [0.2, 0.25) is 16.9 Å². The van der Waals surface area contributed by atoms with Gasteiger partial charge in [0.05, 0.1) is 0 Å². The molecule has 8 nitrogen and oxygen atoms in total. The summed E-state index contributed by atoms with van der Waals surface area (Å²) in [7, 11) is 0. The molecule has 3 aromatic heterocycles. The molecule has 0 saturated carbocycles. The Bertz CT molecular complexity index is 915. The summed E-state index contributed by atoms with van der Waals surface area (Å²) in [5.41, 5.74) is 2.28. The van der Waals surface area contributed by atoms with Crippen LogP contribution in [-0.4, -0.2) is 29.9 Å². The molecule has 0 radical (unpaired) electrons. The smallest absolute Gasteiger partial charge is 0.244 e. The molecule has 1 N–H and O–H groups in total. The molecule has 0 bridgehead atoms. The highest BCUT2D eigenvalue weighted by Gasteiger charge is 2.14. The largest absolute Gasteiger partial charge is 0.337 e. The van der Waals surface area contributed by atoms with Crippen LogP contribution in [0.2, 0.25) is 0 Å². The van der Waals surface area contributed by atoms with Crippen molar-refractivity contribution in [1.82, 2.24) is 29.9 Å². The Morgan fingerprint density at radius 1 is 1.20 bits per heavy atom. The zero-order valence-corrected chi connectivity index (χ0v) is 11.4. The molecule has 3 heterocycles. The Hall–Kier alpha value is -2.55. The Labute approximate surface area is 119 Å². The lowest BCUT2D eigenvalue weighted by Crippen LogP contribution is -1.99. The minimum Gasteiger partial charge on any atom is -0.337 e. The first-order valence-corrected chi connectivity index (χ1v) is 6.45. The highest BCUT2D eigenvalue weighted by Crippen LogP contribution is 2.23. The van der Waals surface area contributed by atoms with Gasteiger partial charge in [-0.25, -0.2) is 9.61 Å². The third-order valence-corrected chi connectivity index (χ3v) is 3.24. The van der Waals surface area contributed by atoms with E-state index in [-0.39, 0.29) is 0 Å². The summed E-state index contributed by atoms with van der Waals surface area (Å²) in [5, 5.41) is 18.6. The van der Waals surface area contributed by atoms with Crippen molar-refractivity contribution in [3.05, 3.63) is 35.1 Å². The number of aromatic nitrogens is 6. The monoisotopic (exact) mass is 331 g/mol. The second-order valence-corrected chi connectivity index (χ2v) is 4.95. The SMILES string of the molecule is Brc1cccc(Nc2nc3nonc3n3cnnc23)c1. The van der Waals surface area contributed by atoms with Crippen molar-refractivity contribution in [3.63, 3.8) is 0 Å². The number of anilines is 2. The summed E-state index contributed by atoms with van der Waals surface area (Å²) in [4.78, 5) is 4.34. The number of halogens is 1. The van der Waals surface area contributed by atoms with Gasteiger partial charge in [0, 0.05) is 10.2 Å². The molecule has 0 spiro atoms. The highest BCUT2D eigenvalue weighted by molar-refractivity contribution is 9.10. The highest BCUT2D eigenvalue weighted by atomic mass is 79.9. The van der Waals surface area contributed by atoms with Gasteiger partial charge in [-0.3, -0.25) is 4.40 Å². The summed E-state index contributed by atoms with van der Waals surface area (Å²) in [6, 6.07) is 7.71. The number of benzene rings is 1. The minimum atomic E-state index is 0.384. The van der Waals surface area contributed by atoms with Crippen LogP contribution >= 0.6 is 15.9 Å². The van der Waals surface area contributed by atoms with Crippen LogP contribution in [0.5, 0.6) is 0 Å². The molecule has 0 atom stereocenters. The van der Waals surface area contributed by atoms with Crippen molar-refractivity contribution in [2.24, 2.45) is 0 Å². The lowest BCUT2D eigenvalue weighted by atomic mass is 10.3. The van der Waals surface area contributed by atoms with Crippen LogP contribution in [0, 0.1) is 0 Å². The maximum absolute atomic E-state index is 4.69. The first-order valence-electron chi connectivity index (χ1n) is 5.66. The topological polar surface area (TPSA) is 94.0 Å². The van der Waals surface area contributed by atoms with Gasteiger partial charge in [-0.05, 0) is 28.5 Å². The van der Waals surface area contributed by atoms with Crippen molar-refractivity contribution in [1.29, 1.82) is 0 Å². The lowest BCUT2D eigenvalue weighted by Gasteiger charge is -2.06. The molecule has 0 unspecified atom stereocenters. The van der Waals surface area contributed by atoms with E-state index in [0.29, 0.717) is 22.8 Å². The molecule has 0 aliphatic heterocycles. The van der Waals surface area contributed by atoms with E-state index in [1.807, 2.05) is 24.3 Å². The number of hydrogen-bond acceptors (Lipinski definition) is 7. The van der Waals surface area contributed by atoms with E-state index in [4.69, 9.17) is 4.63 Å². The predicted octanol–water partition coefficient (Wildman–Crippen LogP) is 2.17. The predicted molar refractivity (Wildman–Crippen MR) is 73.6 cm³/mol. The number of fused-ring (bicyclic) bond motifs is 3. The van der Waals surface area contributed by atoms with Gasteiger partial charge < -0.3 is 5.32 Å². The average molecular weight is 332 g/mol. The summed E-state index contributed by atoms with van der Waals surface area (Å²) >= 11 is 3.42. The number of nitrogens with one attached hydrogen (secondary N) is 1. The molecular formula is C11H6BrN7O. The van der Waals surface area contributed by atoms with Crippen LogP contribution in [0.3, 0.4) is 0 Å². The Morgan fingerprint density at radius 2 is 2.15 bits per heavy atom. The Kier molecular flexibility index (Phi) is 2.39. The van der Waals surface area contributed by atoms with Crippen molar-refractivity contribution in [3.8, 4) is 0 Å². The van der Waals surface area contributed by atoms with Gasteiger partial charge in [-0.2, -0.15) is 0 Å². The van der Waals surface area contributed by atoms with E-state index in [1.54, 1.807) is 4.40 Å². The molecule has 4 aromatic rings. The number of rotatable bonds is 2. The zero-order chi connectivity index (χ0) is 13.5. The van der Waals surface area contributed by atoms with Crippen molar-refractivity contribution in [2.75, 3.05) is 5.32 Å².